The van der Waals surface area contributed by atoms with E-state index in [4.69, 9.17) is 23.2 Å². The van der Waals surface area contributed by atoms with Crippen LogP contribution in [0.1, 0.15) is 23.1 Å². The summed E-state index contributed by atoms with van der Waals surface area (Å²) in [6.07, 6.45) is 6.79. The van der Waals surface area contributed by atoms with Crippen LogP contribution in [-0.4, -0.2) is 26.6 Å². The monoisotopic (exact) mass is 464 g/mol. The summed E-state index contributed by atoms with van der Waals surface area (Å²) in [5.74, 6) is -0.816. The summed E-state index contributed by atoms with van der Waals surface area (Å²) in [6, 6.07) is 13.2. The molecule has 1 aliphatic rings. The van der Waals surface area contributed by atoms with Crippen LogP contribution in [-0.2, 0) is 22.6 Å². The van der Waals surface area contributed by atoms with Crippen molar-refractivity contribution in [2.75, 3.05) is 0 Å². The van der Waals surface area contributed by atoms with E-state index in [0.717, 1.165) is 29.3 Å². The number of H-pyrrole nitrogens is 1. The number of nitrogens with one attached hydrogen (secondary N) is 2. The number of imide groups is 1. The molecule has 8 heteroatoms. The largest absolute Gasteiger partial charge is 0.361 e. The highest BCUT2D eigenvalue weighted by atomic mass is 35.5. The Labute approximate surface area is 193 Å². The van der Waals surface area contributed by atoms with Gasteiger partial charge in [-0.15, -0.1) is 0 Å². The molecule has 0 unspecified atom stereocenters. The Bertz CT molecular complexity index is 1380. The van der Waals surface area contributed by atoms with Gasteiger partial charge in [-0.05, 0) is 42.7 Å². The number of hydrogen-bond acceptors (Lipinski definition) is 3. The third-order valence-corrected chi connectivity index (χ3v) is 5.92. The topological polar surface area (TPSA) is 79.8 Å². The lowest BCUT2D eigenvalue weighted by Crippen LogP contribution is -2.22. The molecule has 4 aromatic rings. The van der Waals surface area contributed by atoms with E-state index in [1.165, 1.54) is 0 Å². The third kappa shape index (κ3) is 3.83. The summed E-state index contributed by atoms with van der Waals surface area (Å²) in [6.45, 7) is 0.648. The number of nitrogens with zero attached hydrogens (tertiary/aromatic N) is 2. The van der Waals surface area contributed by atoms with E-state index in [0.29, 0.717) is 38.9 Å². The normalized spacial score (nSPS) is 13.9. The van der Waals surface area contributed by atoms with Crippen molar-refractivity contribution in [1.82, 2.24) is 20.1 Å². The molecule has 2 N–H and O–H groups in total. The number of fused-ring (bicyclic) bond motifs is 1. The molecule has 0 fully saturated rings. The molecule has 0 aliphatic carbocycles. The number of hydrogen-bond donors (Lipinski definition) is 2. The molecular formula is C24H18Cl2N4O2. The molecule has 160 valence electrons. The van der Waals surface area contributed by atoms with Crippen molar-refractivity contribution in [2.24, 2.45) is 0 Å². The minimum atomic E-state index is -0.414. The van der Waals surface area contributed by atoms with E-state index in [9.17, 15) is 9.59 Å². The first kappa shape index (κ1) is 20.5. The fourth-order valence-corrected chi connectivity index (χ4v) is 4.65. The van der Waals surface area contributed by atoms with Crippen LogP contribution >= 0.6 is 23.2 Å². The predicted molar refractivity (Wildman–Crippen MR) is 125 cm³/mol. The first-order valence-corrected chi connectivity index (χ1v) is 10.9. The van der Waals surface area contributed by atoms with Crippen LogP contribution in [0, 0.1) is 0 Å². The van der Waals surface area contributed by atoms with Crippen molar-refractivity contribution in [1.29, 1.82) is 0 Å². The van der Waals surface area contributed by atoms with E-state index < -0.39 is 11.8 Å². The number of aryl methyl sites for hydroxylation is 2. The summed E-state index contributed by atoms with van der Waals surface area (Å²) in [7, 11) is 0. The van der Waals surface area contributed by atoms with Crippen molar-refractivity contribution in [3.63, 3.8) is 0 Å². The van der Waals surface area contributed by atoms with Crippen LogP contribution < -0.4 is 5.32 Å². The van der Waals surface area contributed by atoms with Gasteiger partial charge < -0.3 is 4.98 Å². The summed E-state index contributed by atoms with van der Waals surface area (Å²) in [5, 5.41) is 8.93. The van der Waals surface area contributed by atoms with Gasteiger partial charge in [0.15, 0.2) is 0 Å². The van der Waals surface area contributed by atoms with Gasteiger partial charge in [0.1, 0.15) is 0 Å². The Kier molecular flexibility index (Phi) is 5.33. The van der Waals surface area contributed by atoms with Crippen LogP contribution in [0.3, 0.4) is 0 Å². The maximum atomic E-state index is 12.6. The highest BCUT2D eigenvalue weighted by Crippen LogP contribution is 2.34. The summed E-state index contributed by atoms with van der Waals surface area (Å²) >= 11 is 12.1. The van der Waals surface area contributed by atoms with Crippen LogP contribution in [0.2, 0.25) is 10.0 Å². The van der Waals surface area contributed by atoms with Crippen molar-refractivity contribution >= 4 is 57.1 Å². The maximum Gasteiger partial charge on any atom is 0.259 e. The summed E-state index contributed by atoms with van der Waals surface area (Å²) in [5.41, 5.74) is 3.97. The molecule has 3 heterocycles. The van der Waals surface area contributed by atoms with Crippen molar-refractivity contribution < 1.29 is 9.59 Å². The van der Waals surface area contributed by atoms with Gasteiger partial charge in [-0.1, -0.05) is 41.4 Å². The molecule has 0 spiro atoms. The number of rotatable bonds is 6. The zero-order valence-corrected chi connectivity index (χ0v) is 18.4. The number of carbonyl (C=O) groups excluding carboxylic acids is 2. The molecule has 2 aromatic heterocycles. The molecule has 0 saturated heterocycles. The number of halogens is 2. The second kappa shape index (κ2) is 8.30. The van der Waals surface area contributed by atoms with Gasteiger partial charge in [0, 0.05) is 51.0 Å². The quantitative estimate of drug-likeness (QED) is 0.399. The predicted octanol–water partition coefficient (Wildman–Crippen LogP) is 4.87. The lowest BCUT2D eigenvalue weighted by molar-refractivity contribution is -0.122. The van der Waals surface area contributed by atoms with Gasteiger partial charge in [0.05, 0.1) is 17.3 Å². The maximum absolute atomic E-state index is 12.6. The standard InChI is InChI=1S/C24H18Cl2N4O2/c25-16-8-14(9-17(26)10-16)4-3-7-30-13-15(11-28-30)21-22(24(32)29-23(21)31)19-12-27-20-6-2-1-5-18(19)20/h1-2,5-6,8-13,27H,3-4,7H2,(H,29,31,32). The zero-order chi connectivity index (χ0) is 22.2. The van der Waals surface area contributed by atoms with Crippen molar-refractivity contribution in [3.8, 4) is 0 Å². The minimum absolute atomic E-state index is 0.340. The van der Waals surface area contributed by atoms with E-state index in [-0.39, 0.29) is 0 Å². The Morgan fingerprint density at radius 2 is 1.72 bits per heavy atom. The van der Waals surface area contributed by atoms with Crippen molar-refractivity contribution in [3.05, 3.63) is 87.8 Å². The zero-order valence-electron chi connectivity index (χ0n) is 16.9. The number of amides is 2. The second-order valence-corrected chi connectivity index (χ2v) is 8.53. The number of aromatic amines is 1. The minimum Gasteiger partial charge on any atom is -0.361 e. The highest BCUT2D eigenvalue weighted by Gasteiger charge is 2.34. The highest BCUT2D eigenvalue weighted by molar-refractivity contribution is 6.50. The lowest BCUT2D eigenvalue weighted by atomic mass is 9.98. The molecular weight excluding hydrogens is 447 g/mol. The molecule has 2 amide bonds. The molecule has 2 aromatic carbocycles. The lowest BCUT2D eigenvalue weighted by Gasteiger charge is -2.04. The third-order valence-electron chi connectivity index (χ3n) is 5.49. The van der Waals surface area contributed by atoms with Gasteiger partial charge in [-0.2, -0.15) is 5.10 Å². The molecule has 0 atom stereocenters. The van der Waals surface area contributed by atoms with Gasteiger partial charge in [0.2, 0.25) is 0 Å². The van der Waals surface area contributed by atoms with E-state index in [1.54, 1.807) is 29.3 Å². The van der Waals surface area contributed by atoms with E-state index in [1.807, 2.05) is 36.4 Å². The molecule has 0 radical (unpaired) electrons. The van der Waals surface area contributed by atoms with E-state index >= 15 is 0 Å². The molecule has 32 heavy (non-hydrogen) atoms. The van der Waals surface area contributed by atoms with Crippen LogP contribution in [0.15, 0.2) is 61.1 Å². The van der Waals surface area contributed by atoms with Crippen LogP contribution in [0.4, 0.5) is 0 Å². The Hall–Kier alpha value is -3.35. The SMILES string of the molecule is O=C1NC(=O)C(c2c[nH]c3ccccc23)=C1c1cnn(CCCc2cc(Cl)cc(Cl)c2)c1. The molecule has 1 aliphatic heterocycles. The van der Waals surface area contributed by atoms with Gasteiger partial charge in [0.25, 0.3) is 11.8 Å². The Balaban J connectivity index is 1.41. The molecule has 0 saturated carbocycles. The first-order valence-electron chi connectivity index (χ1n) is 10.1. The fourth-order valence-electron chi connectivity index (χ4n) is 4.08. The average Bonchev–Trinajstić information content (AvgIpc) is 3.44. The molecule has 6 nitrogen and oxygen atoms in total. The number of para-hydroxylation sites is 1. The number of carbonyl (C=O) groups is 2. The smallest absolute Gasteiger partial charge is 0.259 e. The molecule has 0 bridgehead atoms. The summed E-state index contributed by atoms with van der Waals surface area (Å²) < 4.78 is 1.78. The first-order chi connectivity index (χ1) is 15.5. The van der Waals surface area contributed by atoms with Crippen LogP contribution in [0.25, 0.3) is 22.0 Å². The van der Waals surface area contributed by atoms with Crippen molar-refractivity contribution in [2.45, 2.75) is 19.4 Å². The number of aromatic nitrogens is 3. The fraction of sp³-hybridized carbons (Fsp3) is 0.125. The van der Waals surface area contributed by atoms with E-state index in [2.05, 4.69) is 15.4 Å². The van der Waals surface area contributed by atoms with Gasteiger partial charge in [-0.25, -0.2) is 0 Å². The average molecular weight is 465 g/mol. The Morgan fingerprint density at radius 1 is 0.969 bits per heavy atom. The molecule has 5 rings (SSSR count). The number of benzene rings is 2. The summed E-state index contributed by atoms with van der Waals surface area (Å²) in [4.78, 5) is 28.4. The van der Waals surface area contributed by atoms with Gasteiger partial charge >= 0.3 is 0 Å². The van der Waals surface area contributed by atoms with Crippen LogP contribution in [0.5, 0.6) is 0 Å². The second-order valence-electron chi connectivity index (χ2n) is 7.65. The Morgan fingerprint density at radius 3 is 2.53 bits per heavy atom. The van der Waals surface area contributed by atoms with Gasteiger partial charge in [-0.3, -0.25) is 19.6 Å².